The Morgan fingerprint density at radius 2 is 1.91 bits per heavy atom. The summed E-state index contributed by atoms with van der Waals surface area (Å²) >= 11 is 0. The predicted molar refractivity (Wildman–Crippen MR) is 178 cm³/mol. The average molecular weight is 606 g/mol. The highest BCUT2D eigenvalue weighted by Gasteiger charge is 2.35. The van der Waals surface area contributed by atoms with E-state index in [-0.39, 0.29) is 11.8 Å². The van der Waals surface area contributed by atoms with Gasteiger partial charge in [-0.05, 0) is 121 Å². The number of pyridine rings is 1. The van der Waals surface area contributed by atoms with Crippen LogP contribution in [0, 0.1) is 5.92 Å². The van der Waals surface area contributed by atoms with Gasteiger partial charge in [0.05, 0.1) is 11.7 Å². The van der Waals surface area contributed by atoms with Crippen LogP contribution in [0.15, 0.2) is 48.7 Å². The molecule has 5 rings (SSSR count). The van der Waals surface area contributed by atoms with Gasteiger partial charge in [-0.15, -0.1) is 0 Å². The lowest BCUT2D eigenvalue weighted by molar-refractivity contribution is -0.125. The number of ketones is 1. The van der Waals surface area contributed by atoms with Gasteiger partial charge in [-0.2, -0.15) is 0 Å². The molecule has 2 fully saturated rings. The van der Waals surface area contributed by atoms with E-state index in [1.165, 1.54) is 29.7 Å². The van der Waals surface area contributed by atoms with E-state index in [4.69, 9.17) is 10.7 Å². The minimum Gasteiger partial charge on any atom is -0.330 e. The molecule has 2 heterocycles. The van der Waals surface area contributed by atoms with Crippen molar-refractivity contribution in [3.8, 4) is 0 Å². The maximum Gasteiger partial charge on any atom is 0.136 e. The van der Waals surface area contributed by atoms with Gasteiger partial charge in [0.25, 0.3) is 0 Å². The number of unbranched alkanes of at least 4 members (excludes halogenated alkanes) is 1. The molecule has 0 amide bonds. The predicted octanol–water partition coefficient (Wildman–Crippen LogP) is 6.17. The summed E-state index contributed by atoms with van der Waals surface area (Å²) in [5.41, 5.74) is 8.75. The summed E-state index contributed by atoms with van der Waals surface area (Å²) in [6.07, 6.45) is 11.6. The minimum absolute atomic E-state index is 0.0164. The lowest BCUT2D eigenvalue weighted by atomic mass is 9.76. The summed E-state index contributed by atoms with van der Waals surface area (Å²) in [5.74, 6) is 0.556. The average Bonchev–Trinajstić information content (AvgIpc) is 3.04. The number of alkyl halides is 1. The number of piperazine rings is 1. The first kappa shape index (κ1) is 33.2. The van der Waals surface area contributed by atoms with E-state index < -0.39 is 5.67 Å². The molecule has 7 heteroatoms. The Balaban J connectivity index is 1.22. The first-order valence-corrected chi connectivity index (χ1v) is 17.4. The van der Waals surface area contributed by atoms with Crippen LogP contribution in [-0.2, 0) is 11.2 Å². The number of benzene rings is 1. The fourth-order valence-electron chi connectivity index (χ4n) is 7.86. The molecule has 242 valence electrons. The summed E-state index contributed by atoms with van der Waals surface area (Å²) < 4.78 is 14.4. The summed E-state index contributed by atoms with van der Waals surface area (Å²) in [6, 6.07) is 15.8. The van der Waals surface area contributed by atoms with E-state index in [1.807, 2.05) is 6.20 Å². The van der Waals surface area contributed by atoms with Gasteiger partial charge in [0.2, 0.25) is 0 Å². The van der Waals surface area contributed by atoms with E-state index in [2.05, 4.69) is 64.2 Å². The molecule has 3 atom stereocenters. The third kappa shape index (κ3) is 8.96. The Hall–Kier alpha value is -2.19. The maximum absolute atomic E-state index is 14.4. The monoisotopic (exact) mass is 605 g/mol. The normalized spacial score (nSPS) is 27.2. The highest BCUT2D eigenvalue weighted by atomic mass is 19.1. The zero-order valence-electron chi connectivity index (χ0n) is 27.3. The fourth-order valence-corrected chi connectivity index (χ4v) is 7.86. The van der Waals surface area contributed by atoms with E-state index >= 15 is 0 Å². The van der Waals surface area contributed by atoms with Crippen LogP contribution in [-0.4, -0.2) is 90.0 Å². The minimum atomic E-state index is -1.11. The molecular weight excluding hydrogens is 549 g/mol. The van der Waals surface area contributed by atoms with Crippen molar-refractivity contribution in [3.05, 3.63) is 65.5 Å². The topological polar surface area (TPSA) is 65.7 Å². The van der Waals surface area contributed by atoms with Crippen LogP contribution < -0.4 is 5.73 Å². The fraction of sp³-hybridized carbons (Fsp3) is 0.676. The number of aromatic nitrogens is 1. The molecule has 1 unspecified atom stereocenters. The Morgan fingerprint density at radius 3 is 2.68 bits per heavy atom. The van der Waals surface area contributed by atoms with Crippen LogP contribution >= 0.6 is 0 Å². The van der Waals surface area contributed by atoms with E-state index in [9.17, 15) is 9.18 Å². The van der Waals surface area contributed by atoms with Crippen molar-refractivity contribution in [1.29, 1.82) is 0 Å². The van der Waals surface area contributed by atoms with Crippen LogP contribution in [0.5, 0.6) is 0 Å². The van der Waals surface area contributed by atoms with Gasteiger partial charge in [-0.25, -0.2) is 4.39 Å². The summed E-state index contributed by atoms with van der Waals surface area (Å²) in [6.45, 7) is 8.67. The Bertz CT molecular complexity index is 1170. The largest absolute Gasteiger partial charge is 0.330 e. The van der Waals surface area contributed by atoms with Crippen molar-refractivity contribution < 1.29 is 9.18 Å². The number of carbonyl (C=O) groups excluding carboxylic acids is 1. The van der Waals surface area contributed by atoms with Gasteiger partial charge in [0.1, 0.15) is 11.5 Å². The zero-order valence-corrected chi connectivity index (χ0v) is 27.3. The van der Waals surface area contributed by atoms with E-state index in [1.54, 1.807) is 6.92 Å². The molecule has 44 heavy (non-hydrogen) atoms. The van der Waals surface area contributed by atoms with Gasteiger partial charge in [-0.1, -0.05) is 36.4 Å². The van der Waals surface area contributed by atoms with E-state index in [0.29, 0.717) is 50.0 Å². The second-order valence-electron chi connectivity index (χ2n) is 14.1. The molecule has 2 N–H and O–H groups in total. The highest BCUT2D eigenvalue weighted by molar-refractivity contribution is 5.82. The lowest BCUT2D eigenvalue weighted by Crippen LogP contribution is -2.56. The molecule has 0 bridgehead atoms. The molecule has 0 radical (unpaired) electrons. The van der Waals surface area contributed by atoms with Gasteiger partial charge >= 0.3 is 0 Å². The molecule has 1 aliphatic heterocycles. The van der Waals surface area contributed by atoms with Crippen molar-refractivity contribution >= 4 is 5.78 Å². The molecule has 1 saturated carbocycles. The Morgan fingerprint density at radius 1 is 1.11 bits per heavy atom. The number of rotatable bonds is 14. The third-order valence-corrected chi connectivity index (χ3v) is 10.8. The second kappa shape index (κ2) is 15.9. The molecule has 0 spiro atoms. The quantitative estimate of drug-likeness (QED) is 0.260. The van der Waals surface area contributed by atoms with Crippen LogP contribution in [0.2, 0.25) is 0 Å². The number of Topliss-reactive ketones (excluding diaryl/α,β-unsaturated/α-hetero) is 1. The molecule has 2 aromatic rings. The van der Waals surface area contributed by atoms with Crippen molar-refractivity contribution in [1.82, 2.24) is 19.7 Å². The summed E-state index contributed by atoms with van der Waals surface area (Å²) in [7, 11) is 2.28. The smallest absolute Gasteiger partial charge is 0.136 e. The number of nitrogens with two attached hydrogens (primary N) is 1. The SMILES string of the molecule is CN1CCN(CC[C@H](CC(=O)C2CCC(C)(F)CC2)c2ccccc2)C[C@H]1CN(CCCCN)C1CCCc2cccnc21. The zero-order chi connectivity index (χ0) is 30.9. The summed E-state index contributed by atoms with van der Waals surface area (Å²) in [4.78, 5) is 26.2. The Kier molecular flexibility index (Phi) is 12.0. The van der Waals surface area contributed by atoms with Gasteiger partial charge in [-0.3, -0.25) is 19.6 Å². The van der Waals surface area contributed by atoms with Crippen molar-refractivity contribution in [2.75, 3.05) is 52.9 Å². The Labute approximate surface area is 265 Å². The molecule has 3 aliphatic rings. The molecular formula is C37H56FN5O. The van der Waals surface area contributed by atoms with Crippen molar-refractivity contribution in [3.63, 3.8) is 0 Å². The van der Waals surface area contributed by atoms with Crippen LogP contribution in [0.25, 0.3) is 0 Å². The van der Waals surface area contributed by atoms with Crippen LogP contribution in [0.4, 0.5) is 4.39 Å². The molecule has 2 aliphatic carbocycles. The molecule has 1 saturated heterocycles. The first-order chi connectivity index (χ1) is 21.3. The number of hydrogen-bond donors (Lipinski definition) is 1. The van der Waals surface area contributed by atoms with Gasteiger partial charge in [0, 0.05) is 50.8 Å². The van der Waals surface area contributed by atoms with Gasteiger partial charge in [0.15, 0.2) is 0 Å². The standard InChI is InChI=1S/C37H56FN5O/c1-37(38)18-15-30(16-19-37)35(44)26-32(29-10-4-3-5-11-29)17-23-42-25-24-41(2)33(27-42)28-43(22-7-6-20-39)34-14-8-12-31-13-9-21-40-36(31)34/h3-5,9-11,13,21,30,32-34H,6-8,12,14-20,22-28,39H2,1-2H3/t30?,32-,33+,34?,37?/m1/s1. The molecule has 1 aromatic carbocycles. The number of halogens is 1. The maximum atomic E-state index is 14.4. The third-order valence-electron chi connectivity index (χ3n) is 10.8. The number of likely N-dealkylation sites (N-methyl/N-ethyl adjacent to an activating group) is 1. The van der Waals surface area contributed by atoms with E-state index in [0.717, 1.165) is 71.5 Å². The van der Waals surface area contributed by atoms with Crippen molar-refractivity contribution in [2.24, 2.45) is 11.7 Å². The molecule has 6 nitrogen and oxygen atoms in total. The number of hydrogen-bond acceptors (Lipinski definition) is 6. The number of carbonyl (C=O) groups is 1. The summed E-state index contributed by atoms with van der Waals surface area (Å²) in [5, 5.41) is 0. The molecule has 1 aromatic heterocycles. The van der Waals surface area contributed by atoms with Crippen LogP contribution in [0.3, 0.4) is 0 Å². The van der Waals surface area contributed by atoms with Crippen LogP contribution in [0.1, 0.15) is 99.9 Å². The first-order valence-electron chi connectivity index (χ1n) is 17.4. The van der Waals surface area contributed by atoms with Gasteiger partial charge < -0.3 is 10.6 Å². The number of fused-ring (bicyclic) bond motifs is 1. The highest BCUT2D eigenvalue weighted by Crippen LogP contribution is 2.37. The number of nitrogens with zero attached hydrogens (tertiary/aromatic N) is 4. The second-order valence-corrected chi connectivity index (χ2v) is 14.1. The van der Waals surface area contributed by atoms with Crippen molar-refractivity contribution in [2.45, 2.75) is 101 Å². The lowest BCUT2D eigenvalue weighted by Gasteiger charge is -2.44. The number of aryl methyl sites for hydroxylation is 1.